The average Bonchev–Trinajstić information content (AvgIpc) is 2.38. The van der Waals surface area contributed by atoms with Crippen molar-refractivity contribution in [1.29, 1.82) is 0 Å². The number of ether oxygens (including phenoxy) is 1. The lowest BCUT2D eigenvalue weighted by Crippen LogP contribution is -2.41. The van der Waals surface area contributed by atoms with Crippen LogP contribution in [0.25, 0.3) is 0 Å². The van der Waals surface area contributed by atoms with Crippen molar-refractivity contribution in [2.24, 2.45) is 0 Å². The molecule has 0 heterocycles. The first-order chi connectivity index (χ1) is 9.26. The smallest absolute Gasteiger partial charge is 0.254 e. The van der Waals surface area contributed by atoms with E-state index < -0.39 is 23.1 Å². The Balaban J connectivity index is 2.70. The molecule has 20 heavy (non-hydrogen) atoms. The maximum absolute atomic E-state index is 13.5. The van der Waals surface area contributed by atoms with Gasteiger partial charge in [0.15, 0.2) is 0 Å². The summed E-state index contributed by atoms with van der Waals surface area (Å²) in [7, 11) is 1.51. The van der Waals surface area contributed by atoms with E-state index >= 15 is 0 Å². The summed E-state index contributed by atoms with van der Waals surface area (Å²) < 4.78 is 31.5. The topological polar surface area (TPSA) is 58.6 Å². The number of carbonyl (C=O) groups is 1. The van der Waals surface area contributed by atoms with E-state index in [0.29, 0.717) is 19.1 Å². The number of aryl methyl sites for hydroxylation is 1. The number of carbonyl (C=O) groups excluding carboxylic acids is 1. The van der Waals surface area contributed by atoms with Gasteiger partial charge in [-0.15, -0.1) is 0 Å². The molecule has 0 aliphatic rings. The van der Waals surface area contributed by atoms with Crippen LogP contribution in [0.3, 0.4) is 0 Å². The normalized spacial score (nSPS) is 13.9. The number of halogens is 2. The fourth-order valence-electron chi connectivity index (χ4n) is 1.61. The third-order valence-electron chi connectivity index (χ3n) is 2.97. The van der Waals surface area contributed by atoms with Gasteiger partial charge in [0.05, 0.1) is 11.2 Å². The van der Waals surface area contributed by atoms with Gasteiger partial charge < -0.3 is 15.2 Å². The molecule has 0 aliphatic heterocycles. The number of aliphatic hydroxyl groups is 1. The number of benzene rings is 1. The van der Waals surface area contributed by atoms with Gasteiger partial charge in [0, 0.05) is 32.7 Å². The highest BCUT2D eigenvalue weighted by atomic mass is 19.1. The van der Waals surface area contributed by atoms with Gasteiger partial charge in [-0.1, -0.05) is 0 Å². The second kappa shape index (κ2) is 6.76. The van der Waals surface area contributed by atoms with Crippen molar-refractivity contribution in [1.82, 2.24) is 5.32 Å². The quantitative estimate of drug-likeness (QED) is 0.838. The van der Waals surface area contributed by atoms with E-state index in [-0.39, 0.29) is 17.7 Å². The van der Waals surface area contributed by atoms with Crippen molar-refractivity contribution < 1.29 is 23.4 Å². The zero-order valence-electron chi connectivity index (χ0n) is 11.8. The second-order valence-corrected chi connectivity index (χ2v) is 5.00. The zero-order valence-corrected chi connectivity index (χ0v) is 11.8. The highest BCUT2D eigenvalue weighted by molar-refractivity contribution is 5.94. The summed E-state index contributed by atoms with van der Waals surface area (Å²) in [6.07, 6.45) is 0.328. The summed E-state index contributed by atoms with van der Waals surface area (Å²) >= 11 is 0. The van der Waals surface area contributed by atoms with E-state index in [1.807, 2.05) is 0 Å². The van der Waals surface area contributed by atoms with Crippen molar-refractivity contribution in [2.75, 3.05) is 20.3 Å². The maximum atomic E-state index is 13.5. The standard InChI is InChI=1S/C14H19F2NO3/c1-9-6-10(12(16)7-11(9)15)13(18)17-8-14(2,19)4-5-20-3/h6-7,19H,4-5,8H2,1-3H3,(H,17,18). The minimum absolute atomic E-state index is 0.0505. The minimum Gasteiger partial charge on any atom is -0.388 e. The fourth-order valence-corrected chi connectivity index (χ4v) is 1.61. The van der Waals surface area contributed by atoms with Gasteiger partial charge in [0.25, 0.3) is 5.91 Å². The molecule has 0 spiro atoms. The van der Waals surface area contributed by atoms with Crippen LogP contribution in [-0.2, 0) is 4.74 Å². The van der Waals surface area contributed by atoms with E-state index in [4.69, 9.17) is 4.74 Å². The van der Waals surface area contributed by atoms with Gasteiger partial charge in [0.1, 0.15) is 11.6 Å². The van der Waals surface area contributed by atoms with Crippen LogP contribution in [0.1, 0.15) is 29.3 Å². The van der Waals surface area contributed by atoms with E-state index in [9.17, 15) is 18.7 Å². The molecule has 1 aromatic carbocycles. The number of hydrogen-bond donors (Lipinski definition) is 2. The Bertz CT molecular complexity index is 490. The van der Waals surface area contributed by atoms with Crippen molar-refractivity contribution in [2.45, 2.75) is 25.9 Å². The number of amides is 1. The first-order valence-electron chi connectivity index (χ1n) is 6.22. The van der Waals surface area contributed by atoms with Gasteiger partial charge in [-0.05, 0) is 25.5 Å². The Morgan fingerprint density at radius 2 is 2.05 bits per heavy atom. The molecule has 1 aromatic rings. The van der Waals surface area contributed by atoms with Crippen molar-refractivity contribution in [3.8, 4) is 0 Å². The van der Waals surface area contributed by atoms with Crippen LogP contribution in [0.2, 0.25) is 0 Å². The second-order valence-electron chi connectivity index (χ2n) is 5.00. The third kappa shape index (κ3) is 4.54. The molecule has 2 N–H and O–H groups in total. The molecule has 0 saturated heterocycles. The molecule has 1 amide bonds. The molecule has 0 radical (unpaired) electrons. The summed E-state index contributed by atoms with van der Waals surface area (Å²) in [6.45, 7) is 3.27. The lowest BCUT2D eigenvalue weighted by molar-refractivity contribution is 0.0243. The number of nitrogens with one attached hydrogen (secondary N) is 1. The monoisotopic (exact) mass is 287 g/mol. The molecule has 0 bridgehead atoms. The molecule has 1 atom stereocenters. The average molecular weight is 287 g/mol. The highest BCUT2D eigenvalue weighted by Gasteiger charge is 2.22. The molecule has 112 valence electrons. The number of rotatable bonds is 6. The molecular weight excluding hydrogens is 268 g/mol. The van der Waals surface area contributed by atoms with Crippen LogP contribution in [0, 0.1) is 18.6 Å². The van der Waals surface area contributed by atoms with Crippen LogP contribution in [0.5, 0.6) is 0 Å². The van der Waals surface area contributed by atoms with Gasteiger partial charge in [0.2, 0.25) is 0 Å². The van der Waals surface area contributed by atoms with E-state index in [0.717, 1.165) is 6.07 Å². The Morgan fingerprint density at radius 1 is 1.40 bits per heavy atom. The summed E-state index contributed by atoms with van der Waals surface area (Å²) in [5.41, 5.74) is -1.22. The number of methoxy groups -OCH3 is 1. The Morgan fingerprint density at radius 3 is 2.65 bits per heavy atom. The maximum Gasteiger partial charge on any atom is 0.254 e. The molecule has 0 aromatic heterocycles. The molecular formula is C14H19F2NO3. The van der Waals surface area contributed by atoms with Crippen LogP contribution in [0.15, 0.2) is 12.1 Å². The largest absolute Gasteiger partial charge is 0.388 e. The van der Waals surface area contributed by atoms with Gasteiger partial charge >= 0.3 is 0 Å². The zero-order chi connectivity index (χ0) is 15.3. The number of hydrogen-bond acceptors (Lipinski definition) is 3. The highest BCUT2D eigenvalue weighted by Crippen LogP contribution is 2.15. The molecule has 0 fully saturated rings. The lowest BCUT2D eigenvalue weighted by atomic mass is 10.0. The molecule has 0 aliphatic carbocycles. The van der Waals surface area contributed by atoms with Gasteiger partial charge in [-0.2, -0.15) is 0 Å². The Kier molecular flexibility index (Phi) is 5.59. The van der Waals surface area contributed by atoms with E-state index in [2.05, 4.69) is 5.32 Å². The fraction of sp³-hybridized carbons (Fsp3) is 0.500. The van der Waals surface area contributed by atoms with Crippen molar-refractivity contribution >= 4 is 5.91 Å². The molecule has 0 saturated carbocycles. The SMILES string of the molecule is COCCC(C)(O)CNC(=O)c1cc(C)c(F)cc1F. The van der Waals surface area contributed by atoms with E-state index in [1.54, 1.807) is 6.92 Å². The first-order valence-corrected chi connectivity index (χ1v) is 6.22. The summed E-state index contributed by atoms with van der Waals surface area (Å²) in [4.78, 5) is 11.8. The Labute approximate surface area is 116 Å². The van der Waals surface area contributed by atoms with Crippen LogP contribution in [-0.4, -0.2) is 36.9 Å². The molecule has 6 heteroatoms. The lowest BCUT2D eigenvalue weighted by Gasteiger charge is -2.23. The predicted octanol–water partition coefficient (Wildman–Crippen LogP) is 1.79. The van der Waals surface area contributed by atoms with Crippen LogP contribution >= 0.6 is 0 Å². The Hall–Kier alpha value is -1.53. The van der Waals surface area contributed by atoms with Crippen LogP contribution in [0.4, 0.5) is 8.78 Å². The summed E-state index contributed by atoms with van der Waals surface area (Å²) in [5, 5.41) is 12.4. The third-order valence-corrected chi connectivity index (χ3v) is 2.97. The van der Waals surface area contributed by atoms with E-state index in [1.165, 1.54) is 14.0 Å². The summed E-state index contributed by atoms with van der Waals surface area (Å²) in [5.74, 6) is -2.32. The van der Waals surface area contributed by atoms with Crippen LogP contribution < -0.4 is 5.32 Å². The predicted molar refractivity (Wildman–Crippen MR) is 70.5 cm³/mol. The molecule has 1 rings (SSSR count). The molecule has 1 unspecified atom stereocenters. The minimum atomic E-state index is -1.16. The van der Waals surface area contributed by atoms with Gasteiger partial charge in [-0.25, -0.2) is 8.78 Å². The first kappa shape index (κ1) is 16.5. The van der Waals surface area contributed by atoms with Gasteiger partial charge in [-0.3, -0.25) is 4.79 Å². The van der Waals surface area contributed by atoms with Crippen molar-refractivity contribution in [3.63, 3.8) is 0 Å². The molecule has 4 nitrogen and oxygen atoms in total. The van der Waals surface area contributed by atoms with Crippen molar-refractivity contribution in [3.05, 3.63) is 34.9 Å². The summed E-state index contributed by atoms with van der Waals surface area (Å²) in [6, 6.07) is 1.82.